The van der Waals surface area contributed by atoms with Crippen molar-refractivity contribution in [2.75, 3.05) is 30.7 Å². The zero-order valence-corrected chi connectivity index (χ0v) is 16.9. The van der Waals surface area contributed by atoms with Crippen LogP contribution in [0.2, 0.25) is 0 Å². The Morgan fingerprint density at radius 1 is 1.37 bits per heavy atom. The molecule has 0 unspecified atom stereocenters. The third kappa shape index (κ3) is 4.56. The Morgan fingerprint density at radius 2 is 2.07 bits per heavy atom. The van der Waals surface area contributed by atoms with Crippen LogP contribution >= 0.6 is 0 Å². The number of hydrogen-bond donors (Lipinski definition) is 3. The molecule has 0 saturated carbocycles. The lowest BCUT2D eigenvalue weighted by Gasteiger charge is -2.42. The highest BCUT2D eigenvalue weighted by Crippen LogP contribution is 2.35. The molecule has 2 saturated heterocycles. The maximum atomic E-state index is 12.7. The summed E-state index contributed by atoms with van der Waals surface area (Å²) in [6, 6.07) is 1.57. The van der Waals surface area contributed by atoms with Crippen LogP contribution < -0.4 is 16.4 Å². The summed E-state index contributed by atoms with van der Waals surface area (Å²) in [5.41, 5.74) is 6.27. The first-order chi connectivity index (χ1) is 14.2. The lowest BCUT2D eigenvalue weighted by Crippen LogP contribution is -2.58. The van der Waals surface area contributed by atoms with Gasteiger partial charge in [-0.1, -0.05) is 0 Å². The monoisotopic (exact) mass is 421 g/mol. The van der Waals surface area contributed by atoms with Crippen molar-refractivity contribution in [3.05, 3.63) is 35.4 Å². The van der Waals surface area contributed by atoms with E-state index in [-0.39, 0.29) is 18.1 Å². The van der Waals surface area contributed by atoms with Gasteiger partial charge in [0.05, 0.1) is 6.54 Å². The second-order valence-corrected chi connectivity index (χ2v) is 7.46. The molecule has 2 amide bonds. The standard InChI is InChI=1S/C19H25F2N7O2/c1-12(7-13(2)25-16-8-15(22)23-10-24-16)17-18(30)26-19(28(17)11-29)3-5-27(6-4-19)9-14(20)21/h7-8,10-11,14H,3-6,9H2,1-2H3,(H,26,30)(H3,22,23,24,25)/b13-7+,17-12-. The number of nitrogen functional groups attached to an aromatic ring is 1. The van der Waals surface area contributed by atoms with E-state index in [4.69, 9.17) is 5.73 Å². The normalized spacial score (nSPS) is 21.2. The van der Waals surface area contributed by atoms with Crippen LogP contribution in [0.3, 0.4) is 0 Å². The quantitative estimate of drug-likeness (QED) is 0.468. The molecule has 2 aliphatic rings. The Kier molecular flexibility index (Phi) is 6.30. The van der Waals surface area contributed by atoms with Gasteiger partial charge in [0.25, 0.3) is 12.3 Å². The number of nitrogens with one attached hydrogen (secondary N) is 2. The van der Waals surface area contributed by atoms with E-state index in [9.17, 15) is 18.4 Å². The van der Waals surface area contributed by atoms with E-state index in [1.165, 1.54) is 11.2 Å². The molecular formula is C19H25F2N7O2. The average Bonchev–Trinajstić information content (AvgIpc) is 2.94. The number of anilines is 2. The van der Waals surface area contributed by atoms with Crippen LogP contribution in [0.5, 0.6) is 0 Å². The fourth-order valence-electron chi connectivity index (χ4n) is 3.92. The Bertz CT molecular complexity index is 879. The molecule has 2 fully saturated rings. The van der Waals surface area contributed by atoms with E-state index in [2.05, 4.69) is 20.6 Å². The Hall–Kier alpha value is -3.08. The van der Waals surface area contributed by atoms with Gasteiger partial charge < -0.3 is 16.4 Å². The molecule has 0 aromatic carbocycles. The summed E-state index contributed by atoms with van der Waals surface area (Å²) in [4.78, 5) is 35.6. The number of alkyl halides is 2. The van der Waals surface area contributed by atoms with E-state index in [0.717, 1.165) is 0 Å². The molecule has 0 radical (unpaired) electrons. The van der Waals surface area contributed by atoms with Gasteiger partial charge in [0.2, 0.25) is 6.41 Å². The Morgan fingerprint density at radius 3 is 2.67 bits per heavy atom. The maximum absolute atomic E-state index is 12.7. The van der Waals surface area contributed by atoms with Crippen LogP contribution in [0.4, 0.5) is 20.4 Å². The van der Waals surface area contributed by atoms with Crippen molar-refractivity contribution in [2.45, 2.75) is 38.8 Å². The van der Waals surface area contributed by atoms with Gasteiger partial charge in [0.15, 0.2) is 0 Å². The first kappa shape index (κ1) is 21.6. The van der Waals surface area contributed by atoms with Gasteiger partial charge in [-0.2, -0.15) is 0 Å². The van der Waals surface area contributed by atoms with Crippen LogP contribution in [0.25, 0.3) is 0 Å². The van der Waals surface area contributed by atoms with Crippen molar-refractivity contribution in [1.29, 1.82) is 0 Å². The number of hydrogen-bond acceptors (Lipinski definition) is 7. The fraction of sp³-hybridized carbons (Fsp3) is 0.474. The first-order valence-corrected chi connectivity index (χ1v) is 9.55. The minimum atomic E-state index is -2.41. The summed E-state index contributed by atoms with van der Waals surface area (Å²) in [5, 5.41) is 5.96. The Balaban J connectivity index is 1.79. The summed E-state index contributed by atoms with van der Waals surface area (Å²) in [6.45, 7) is 3.95. The van der Waals surface area contributed by atoms with Gasteiger partial charge in [-0.3, -0.25) is 19.4 Å². The largest absolute Gasteiger partial charge is 0.384 e. The third-order valence-electron chi connectivity index (χ3n) is 5.27. The maximum Gasteiger partial charge on any atom is 0.270 e. The minimum absolute atomic E-state index is 0.246. The average molecular weight is 421 g/mol. The van der Waals surface area contributed by atoms with Crippen molar-refractivity contribution in [2.24, 2.45) is 0 Å². The fourth-order valence-corrected chi connectivity index (χ4v) is 3.92. The number of amides is 2. The van der Waals surface area contributed by atoms with Crippen LogP contribution in [0.1, 0.15) is 26.7 Å². The van der Waals surface area contributed by atoms with Gasteiger partial charge in [0.1, 0.15) is 29.3 Å². The van der Waals surface area contributed by atoms with Crippen molar-refractivity contribution in [1.82, 2.24) is 25.1 Å². The highest BCUT2D eigenvalue weighted by atomic mass is 19.3. The van der Waals surface area contributed by atoms with Crippen molar-refractivity contribution >= 4 is 24.0 Å². The molecule has 162 valence electrons. The van der Waals surface area contributed by atoms with Crippen LogP contribution in [-0.4, -0.2) is 63.8 Å². The van der Waals surface area contributed by atoms with Gasteiger partial charge in [-0.25, -0.2) is 18.7 Å². The van der Waals surface area contributed by atoms with Gasteiger partial charge >= 0.3 is 0 Å². The van der Waals surface area contributed by atoms with E-state index >= 15 is 0 Å². The number of halogens is 2. The summed E-state index contributed by atoms with van der Waals surface area (Å²) in [5.74, 6) is 0.454. The number of carbonyl (C=O) groups excluding carboxylic acids is 2. The number of rotatable bonds is 6. The lowest BCUT2D eigenvalue weighted by atomic mass is 9.96. The summed E-state index contributed by atoms with van der Waals surface area (Å²) >= 11 is 0. The first-order valence-electron chi connectivity index (χ1n) is 9.55. The number of nitrogens with zero attached hydrogens (tertiary/aromatic N) is 4. The number of aromatic nitrogens is 2. The van der Waals surface area contributed by atoms with E-state index in [0.29, 0.717) is 55.2 Å². The summed E-state index contributed by atoms with van der Waals surface area (Å²) in [6.07, 6.45) is 2.03. The van der Waals surface area contributed by atoms with Crippen LogP contribution in [0.15, 0.2) is 35.4 Å². The van der Waals surface area contributed by atoms with Gasteiger partial charge in [-0.05, 0) is 25.5 Å². The number of likely N-dealkylation sites (tertiary alicyclic amines) is 1. The number of nitrogens with two attached hydrogens (primary N) is 1. The molecule has 3 heterocycles. The highest BCUT2D eigenvalue weighted by Gasteiger charge is 2.49. The predicted octanol–water partition coefficient (Wildman–Crippen LogP) is 1.29. The lowest BCUT2D eigenvalue weighted by molar-refractivity contribution is -0.122. The van der Waals surface area contributed by atoms with Crippen molar-refractivity contribution in [3.8, 4) is 0 Å². The number of allylic oxidation sites excluding steroid dienone is 3. The summed E-state index contributed by atoms with van der Waals surface area (Å²) in [7, 11) is 0. The molecule has 1 aromatic heterocycles. The zero-order chi connectivity index (χ0) is 21.9. The van der Waals surface area contributed by atoms with Crippen LogP contribution in [-0.2, 0) is 9.59 Å². The third-order valence-corrected chi connectivity index (χ3v) is 5.27. The molecule has 9 nitrogen and oxygen atoms in total. The molecule has 1 spiro atoms. The molecule has 4 N–H and O–H groups in total. The smallest absolute Gasteiger partial charge is 0.270 e. The highest BCUT2D eigenvalue weighted by molar-refractivity contribution is 5.99. The van der Waals surface area contributed by atoms with E-state index < -0.39 is 12.1 Å². The second kappa shape index (κ2) is 8.74. The molecule has 2 aliphatic heterocycles. The molecule has 30 heavy (non-hydrogen) atoms. The van der Waals surface area contributed by atoms with Crippen molar-refractivity contribution < 1.29 is 18.4 Å². The molecule has 3 rings (SSSR count). The molecule has 0 bridgehead atoms. The molecular weight excluding hydrogens is 396 g/mol. The minimum Gasteiger partial charge on any atom is -0.384 e. The van der Waals surface area contributed by atoms with E-state index in [1.54, 1.807) is 30.9 Å². The molecule has 11 heteroatoms. The topological polar surface area (TPSA) is 116 Å². The number of piperidine rings is 1. The van der Waals surface area contributed by atoms with Crippen molar-refractivity contribution in [3.63, 3.8) is 0 Å². The van der Waals surface area contributed by atoms with E-state index in [1.807, 2.05) is 0 Å². The zero-order valence-electron chi connectivity index (χ0n) is 16.9. The Labute approximate surface area is 173 Å². The second-order valence-electron chi connectivity index (χ2n) is 7.46. The van der Waals surface area contributed by atoms with Gasteiger partial charge in [-0.15, -0.1) is 0 Å². The molecule has 1 aromatic rings. The molecule has 0 aliphatic carbocycles. The summed E-state index contributed by atoms with van der Waals surface area (Å²) < 4.78 is 25.3. The van der Waals surface area contributed by atoms with Crippen LogP contribution in [0, 0.1) is 0 Å². The molecule has 0 atom stereocenters. The van der Waals surface area contributed by atoms with Gasteiger partial charge in [0, 0.05) is 37.7 Å². The predicted molar refractivity (Wildman–Crippen MR) is 107 cm³/mol. The SMILES string of the molecule is CC(/C=C(\C)Nc1cc(N)ncn1)=C1\C(=O)NC2(CCN(CC(F)F)CC2)N1C=O. The number of carbonyl (C=O) groups is 2.